The van der Waals surface area contributed by atoms with E-state index in [4.69, 9.17) is 4.52 Å². The summed E-state index contributed by atoms with van der Waals surface area (Å²) in [6.45, 7) is 5.89. The van der Waals surface area contributed by atoms with Crippen molar-refractivity contribution in [3.63, 3.8) is 0 Å². The van der Waals surface area contributed by atoms with Crippen molar-refractivity contribution in [2.24, 2.45) is 0 Å². The minimum absolute atomic E-state index is 0.232. The van der Waals surface area contributed by atoms with Crippen LogP contribution < -0.4 is 5.32 Å². The lowest BCUT2D eigenvalue weighted by Crippen LogP contribution is -2.46. The number of carbonyl (C=O) groups excluding carboxylic acids is 1. The third-order valence-corrected chi connectivity index (χ3v) is 4.78. The number of carbonyl (C=O) groups is 1. The summed E-state index contributed by atoms with van der Waals surface area (Å²) in [5.74, 6) is 0.164. The Morgan fingerprint density at radius 2 is 2.03 bits per heavy atom. The standard InChI is InChI=1S/C22H19FN4O2/c1-3-12-27-14(2)18(19(24-22(27)28)15-8-5-4-6-9-15)21-25-20(26-29-21)16-10-7-11-17(23)13-16/h3-11,13,19H,1,12H2,2H3,(H,24,28). The molecule has 1 atom stereocenters. The average molecular weight is 390 g/mol. The Bertz CT molecular complexity index is 1090. The van der Waals surface area contributed by atoms with Gasteiger partial charge < -0.3 is 9.84 Å². The first-order chi connectivity index (χ1) is 14.1. The predicted molar refractivity (Wildman–Crippen MR) is 107 cm³/mol. The van der Waals surface area contributed by atoms with Crippen molar-refractivity contribution in [1.82, 2.24) is 20.4 Å². The third kappa shape index (κ3) is 3.54. The van der Waals surface area contributed by atoms with Gasteiger partial charge in [-0.2, -0.15) is 4.98 Å². The van der Waals surface area contributed by atoms with Crippen LogP contribution in [0.3, 0.4) is 0 Å². The van der Waals surface area contributed by atoms with E-state index in [9.17, 15) is 9.18 Å². The molecule has 146 valence electrons. The molecule has 7 heteroatoms. The summed E-state index contributed by atoms with van der Waals surface area (Å²) in [5.41, 5.74) is 2.78. The highest BCUT2D eigenvalue weighted by molar-refractivity contribution is 5.87. The molecular formula is C22H19FN4O2. The topological polar surface area (TPSA) is 71.3 Å². The fraction of sp³-hybridized carbons (Fsp3) is 0.136. The highest BCUT2D eigenvalue weighted by Gasteiger charge is 2.35. The Morgan fingerprint density at radius 1 is 1.24 bits per heavy atom. The molecule has 0 saturated carbocycles. The Morgan fingerprint density at radius 3 is 2.76 bits per heavy atom. The lowest BCUT2D eigenvalue weighted by Gasteiger charge is -2.34. The molecule has 2 aromatic carbocycles. The first kappa shape index (κ1) is 18.6. The number of hydrogen-bond donors (Lipinski definition) is 1. The molecule has 0 saturated heterocycles. The van der Waals surface area contributed by atoms with Crippen molar-refractivity contribution in [2.75, 3.05) is 6.54 Å². The first-order valence-corrected chi connectivity index (χ1v) is 9.13. The van der Waals surface area contributed by atoms with Gasteiger partial charge in [0.25, 0.3) is 5.89 Å². The van der Waals surface area contributed by atoms with E-state index in [-0.39, 0.29) is 23.6 Å². The predicted octanol–water partition coefficient (Wildman–Crippen LogP) is 4.56. The van der Waals surface area contributed by atoms with E-state index in [1.54, 1.807) is 23.1 Å². The van der Waals surface area contributed by atoms with Gasteiger partial charge in [-0.05, 0) is 24.6 Å². The van der Waals surface area contributed by atoms with E-state index >= 15 is 0 Å². The van der Waals surface area contributed by atoms with Crippen LogP contribution in [-0.2, 0) is 0 Å². The summed E-state index contributed by atoms with van der Waals surface area (Å²) in [6.07, 6.45) is 1.65. The summed E-state index contributed by atoms with van der Waals surface area (Å²) >= 11 is 0. The number of halogens is 1. The Labute approximate surface area is 167 Å². The number of nitrogens with one attached hydrogen (secondary N) is 1. The van der Waals surface area contributed by atoms with Crippen molar-refractivity contribution in [3.05, 3.63) is 90.2 Å². The van der Waals surface area contributed by atoms with Crippen LogP contribution in [0.1, 0.15) is 24.4 Å². The van der Waals surface area contributed by atoms with Gasteiger partial charge in [0.15, 0.2) is 0 Å². The monoisotopic (exact) mass is 390 g/mol. The quantitative estimate of drug-likeness (QED) is 0.649. The maximum Gasteiger partial charge on any atom is 0.322 e. The summed E-state index contributed by atoms with van der Waals surface area (Å²) in [4.78, 5) is 18.7. The average Bonchev–Trinajstić information content (AvgIpc) is 3.21. The second-order valence-corrected chi connectivity index (χ2v) is 6.63. The minimum Gasteiger partial charge on any atom is -0.334 e. The van der Waals surface area contributed by atoms with Gasteiger partial charge in [-0.15, -0.1) is 6.58 Å². The number of allylic oxidation sites excluding steroid dienone is 1. The van der Waals surface area contributed by atoms with Crippen molar-refractivity contribution in [2.45, 2.75) is 13.0 Å². The lowest BCUT2D eigenvalue weighted by atomic mass is 9.95. The molecule has 2 heterocycles. The number of hydrogen-bond acceptors (Lipinski definition) is 4. The van der Waals surface area contributed by atoms with Gasteiger partial charge in [-0.3, -0.25) is 4.90 Å². The van der Waals surface area contributed by atoms with E-state index in [0.717, 1.165) is 5.56 Å². The third-order valence-electron chi connectivity index (χ3n) is 4.78. The van der Waals surface area contributed by atoms with E-state index in [2.05, 4.69) is 22.0 Å². The van der Waals surface area contributed by atoms with Crippen LogP contribution in [0.2, 0.25) is 0 Å². The lowest BCUT2D eigenvalue weighted by molar-refractivity contribution is 0.209. The minimum atomic E-state index is -0.453. The smallest absolute Gasteiger partial charge is 0.322 e. The number of urea groups is 1. The van der Waals surface area contributed by atoms with E-state index in [1.165, 1.54) is 12.1 Å². The van der Waals surface area contributed by atoms with E-state index in [1.807, 2.05) is 37.3 Å². The molecule has 0 aliphatic carbocycles. The molecule has 1 aromatic heterocycles. The first-order valence-electron chi connectivity index (χ1n) is 9.13. The largest absolute Gasteiger partial charge is 0.334 e. The number of benzene rings is 2. The fourth-order valence-electron chi connectivity index (χ4n) is 3.38. The van der Waals surface area contributed by atoms with Crippen LogP contribution in [0.15, 0.2) is 77.5 Å². The summed E-state index contributed by atoms with van der Waals surface area (Å²) in [6, 6.07) is 14.9. The summed E-state index contributed by atoms with van der Waals surface area (Å²) in [5, 5.41) is 7.02. The normalized spacial score (nSPS) is 16.7. The van der Waals surface area contributed by atoms with E-state index < -0.39 is 6.04 Å². The van der Waals surface area contributed by atoms with Gasteiger partial charge in [0.05, 0.1) is 11.6 Å². The number of amides is 2. The molecule has 29 heavy (non-hydrogen) atoms. The molecule has 2 amide bonds. The van der Waals surface area contributed by atoms with Crippen LogP contribution in [0.5, 0.6) is 0 Å². The van der Waals surface area contributed by atoms with Crippen LogP contribution >= 0.6 is 0 Å². The molecule has 0 fully saturated rings. The van der Waals surface area contributed by atoms with Crippen molar-refractivity contribution < 1.29 is 13.7 Å². The maximum absolute atomic E-state index is 13.6. The Balaban J connectivity index is 1.82. The van der Waals surface area contributed by atoms with Gasteiger partial charge in [0, 0.05) is 17.8 Å². The Kier molecular flexibility index (Phi) is 4.95. The molecule has 0 radical (unpaired) electrons. The SMILES string of the molecule is C=CCN1C(=O)NC(c2ccccc2)C(c2nc(-c3cccc(F)c3)no2)=C1C. The van der Waals surface area contributed by atoms with Gasteiger partial charge >= 0.3 is 6.03 Å². The van der Waals surface area contributed by atoms with Gasteiger partial charge in [-0.25, -0.2) is 9.18 Å². The molecule has 1 unspecified atom stereocenters. The van der Waals surface area contributed by atoms with Crippen molar-refractivity contribution in [1.29, 1.82) is 0 Å². The molecule has 3 aromatic rings. The molecule has 4 rings (SSSR count). The molecular weight excluding hydrogens is 371 g/mol. The second kappa shape index (κ2) is 7.71. The Hall–Kier alpha value is -3.74. The van der Waals surface area contributed by atoms with Gasteiger partial charge in [0.2, 0.25) is 5.82 Å². The zero-order valence-corrected chi connectivity index (χ0v) is 15.8. The van der Waals surface area contributed by atoms with Gasteiger partial charge in [-0.1, -0.05) is 53.7 Å². The fourth-order valence-corrected chi connectivity index (χ4v) is 3.38. The van der Waals surface area contributed by atoms with Crippen molar-refractivity contribution >= 4 is 11.6 Å². The van der Waals surface area contributed by atoms with Crippen LogP contribution in [0.25, 0.3) is 17.0 Å². The van der Waals surface area contributed by atoms with Crippen LogP contribution in [0.4, 0.5) is 9.18 Å². The number of rotatable bonds is 5. The molecule has 1 aliphatic heterocycles. The second-order valence-electron chi connectivity index (χ2n) is 6.63. The highest BCUT2D eigenvalue weighted by Crippen LogP contribution is 2.37. The van der Waals surface area contributed by atoms with Crippen LogP contribution in [-0.4, -0.2) is 27.6 Å². The molecule has 1 aliphatic rings. The van der Waals surface area contributed by atoms with Gasteiger partial charge in [0.1, 0.15) is 5.82 Å². The molecule has 6 nitrogen and oxygen atoms in total. The number of aromatic nitrogens is 2. The highest BCUT2D eigenvalue weighted by atomic mass is 19.1. The number of nitrogens with zero attached hydrogens (tertiary/aromatic N) is 3. The van der Waals surface area contributed by atoms with Crippen molar-refractivity contribution in [3.8, 4) is 11.4 Å². The van der Waals surface area contributed by atoms with Crippen LogP contribution in [0, 0.1) is 5.82 Å². The molecule has 0 bridgehead atoms. The van der Waals surface area contributed by atoms with E-state index in [0.29, 0.717) is 23.4 Å². The summed E-state index contributed by atoms with van der Waals surface area (Å²) in [7, 11) is 0. The molecule has 1 N–H and O–H groups in total. The zero-order valence-electron chi connectivity index (χ0n) is 15.8. The molecule has 0 spiro atoms. The maximum atomic E-state index is 13.6. The zero-order chi connectivity index (χ0) is 20.4. The summed E-state index contributed by atoms with van der Waals surface area (Å²) < 4.78 is 19.1.